The minimum Gasteiger partial charge on any atom is -0.329 e. The SMILES string of the molecule is C.C=C1CCC(n2nc3cc(C)ccn3c2=O)C(=O)N1.C=C1CCC(n2nc3ccc(C)cn3c2=O)C(=O)N1. The molecule has 0 aromatic carbocycles. The summed E-state index contributed by atoms with van der Waals surface area (Å²) in [4.78, 5) is 48.3. The highest BCUT2D eigenvalue weighted by atomic mass is 16.2. The number of pyridine rings is 2. The summed E-state index contributed by atoms with van der Waals surface area (Å²) in [5.74, 6) is -0.447. The number of aryl methyl sites for hydroxylation is 2. The summed E-state index contributed by atoms with van der Waals surface area (Å²) in [6.07, 6.45) is 5.82. The Bertz CT molecular complexity index is 1700. The first-order chi connectivity index (χ1) is 18.1. The Morgan fingerprint density at radius 2 is 1.31 bits per heavy atom. The molecule has 12 nitrogen and oxygen atoms in total. The lowest BCUT2D eigenvalue weighted by Gasteiger charge is -2.22. The number of piperidine rings is 2. The molecule has 6 heterocycles. The first-order valence-corrected chi connectivity index (χ1v) is 12.2. The molecule has 2 aliphatic heterocycles. The standard InChI is InChI=1S/2C13H14N4O2.CH4/c1-8-3-6-11-15-17(13(19)16(11)7-8)10-5-4-9(2)14-12(10)18;1-8-5-6-16-11(7-8)15-17(13(16)19)10-4-3-9(2)14-12(10)18;/h3,6-7,10H,2,4-5H2,1H3,(H,14,18);5-7,10H,2-4H2,1H3,(H,14,18);1H4. The molecule has 6 rings (SSSR count). The van der Waals surface area contributed by atoms with Crippen molar-refractivity contribution in [2.24, 2.45) is 0 Å². The van der Waals surface area contributed by atoms with Gasteiger partial charge in [0, 0.05) is 23.8 Å². The maximum atomic E-state index is 12.3. The Morgan fingerprint density at radius 3 is 1.87 bits per heavy atom. The first-order valence-electron chi connectivity index (χ1n) is 12.2. The number of allylic oxidation sites excluding steroid dienone is 2. The Morgan fingerprint density at radius 1 is 0.769 bits per heavy atom. The van der Waals surface area contributed by atoms with E-state index in [4.69, 9.17) is 0 Å². The maximum Gasteiger partial charge on any atom is 0.351 e. The van der Waals surface area contributed by atoms with Crippen molar-refractivity contribution in [2.75, 3.05) is 0 Å². The van der Waals surface area contributed by atoms with Crippen LogP contribution in [0, 0.1) is 13.8 Å². The molecule has 2 aliphatic rings. The summed E-state index contributed by atoms with van der Waals surface area (Å²) in [6, 6.07) is 6.19. The highest BCUT2D eigenvalue weighted by Crippen LogP contribution is 2.21. The molecule has 12 heteroatoms. The van der Waals surface area contributed by atoms with E-state index in [2.05, 4.69) is 34.0 Å². The van der Waals surface area contributed by atoms with Crippen LogP contribution in [-0.4, -0.2) is 40.2 Å². The number of aromatic nitrogens is 6. The van der Waals surface area contributed by atoms with Gasteiger partial charge in [0.05, 0.1) is 0 Å². The van der Waals surface area contributed by atoms with E-state index in [0.717, 1.165) is 11.1 Å². The summed E-state index contributed by atoms with van der Waals surface area (Å²) in [7, 11) is 0. The van der Waals surface area contributed by atoms with Crippen LogP contribution in [0.1, 0.15) is 56.3 Å². The molecule has 0 aliphatic carbocycles. The molecule has 0 saturated carbocycles. The predicted molar refractivity (Wildman–Crippen MR) is 146 cm³/mol. The normalized spacial score (nSPS) is 19.2. The predicted octanol–water partition coefficient (Wildman–Crippen LogP) is 2.17. The molecule has 0 radical (unpaired) electrons. The van der Waals surface area contributed by atoms with Gasteiger partial charge in [-0.1, -0.05) is 26.7 Å². The molecule has 2 saturated heterocycles. The maximum absolute atomic E-state index is 12.3. The van der Waals surface area contributed by atoms with E-state index in [1.54, 1.807) is 18.5 Å². The zero-order chi connectivity index (χ0) is 27.1. The smallest absolute Gasteiger partial charge is 0.329 e. The van der Waals surface area contributed by atoms with Crippen LogP contribution in [0.5, 0.6) is 0 Å². The van der Waals surface area contributed by atoms with E-state index >= 15 is 0 Å². The Labute approximate surface area is 224 Å². The third-order valence-electron chi connectivity index (χ3n) is 6.62. The summed E-state index contributed by atoms with van der Waals surface area (Å²) in [6.45, 7) is 11.3. The van der Waals surface area contributed by atoms with Gasteiger partial charge in [0.1, 0.15) is 12.1 Å². The quantitative estimate of drug-likeness (QED) is 0.406. The summed E-state index contributed by atoms with van der Waals surface area (Å²) in [5.41, 5.74) is 3.90. The van der Waals surface area contributed by atoms with E-state index in [9.17, 15) is 19.2 Å². The van der Waals surface area contributed by atoms with Gasteiger partial charge in [0.15, 0.2) is 11.3 Å². The zero-order valence-electron chi connectivity index (χ0n) is 21.2. The highest BCUT2D eigenvalue weighted by Gasteiger charge is 2.29. The molecule has 0 spiro atoms. The lowest BCUT2D eigenvalue weighted by molar-refractivity contribution is -0.126. The molecule has 2 N–H and O–H groups in total. The minimum absolute atomic E-state index is 0. The number of nitrogens with zero attached hydrogens (tertiary/aromatic N) is 6. The number of rotatable bonds is 2. The highest BCUT2D eigenvalue weighted by molar-refractivity contribution is 5.83. The van der Waals surface area contributed by atoms with E-state index in [1.807, 2.05) is 32.0 Å². The Hall–Kier alpha value is -4.74. The molecule has 4 aromatic heterocycles. The van der Waals surface area contributed by atoms with Crippen molar-refractivity contribution in [2.45, 2.75) is 59.0 Å². The van der Waals surface area contributed by atoms with Crippen molar-refractivity contribution >= 4 is 23.1 Å². The second kappa shape index (κ2) is 10.6. The lowest BCUT2D eigenvalue weighted by Crippen LogP contribution is -2.40. The fraction of sp³-hybridized carbons (Fsp3) is 0.333. The Kier molecular flexibility index (Phi) is 7.39. The van der Waals surface area contributed by atoms with Gasteiger partial charge in [0.2, 0.25) is 11.8 Å². The second-order valence-electron chi connectivity index (χ2n) is 9.62. The molecule has 39 heavy (non-hydrogen) atoms. The third-order valence-corrected chi connectivity index (χ3v) is 6.62. The molecule has 2 unspecified atom stereocenters. The fourth-order valence-corrected chi connectivity index (χ4v) is 4.59. The summed E-state index contributed by atoms with van der Waals surface area (Å²) in [5, 5.41) is 13.8. The van der Waals surface area contributed by atoms with E-state index in [1.165, 1.54) is 18.2 Å². The van der Waals surface area contributed by atoms with E-state index < -0.39 is 12.1 Å². The number of carbonyl (C=O) groups excluding carboxylic acids is 2. The molecule has 4 aromatic rings. The van der Waals surface area contributed by atoms with E-state index in [-0.39, 0.29) is 30.6 Å². The van der Waals surface area contributed by atoms with Crippen molar-refractivity contribution in [1.82, 2.24) is 39.0 Å². The van der Waals surface area contributed by atoms with Crippen LogP contribution in [-0.2, 0) is 9.59 Å². The van der Waals surface area contributed by atoms with E-state index in [0.29, 0.717) is 48.4 Å². The molecule has 2 fully saturated rings. The number of fused-ring (bicyclic) bond motifs is 2. The van der Waals surface area contributed by atoms with Crippen molar-refractivity contribution in [3.05, 3.63) is 93.3 Å². The number of hydrogen-bond acceptors (Lipinski definition) is 6. The van der Waals surface area contributed by atoms with Gasteiger partial charge in [-0.2, -0.15) is 9.36 Å². The topological polar surface area (TPSA) is 137 Å². The monoisotopic (exact) mass is 532 g/mol. The average Bonchev–Trinajstić information content (AvgIpc) is 3.35. The van der Waals surface area contributed by atoms with Crippen molar-refractivity contribution < 1.29 is 9.59 Å². The number of carbonyl (C=O) groups is 2. The zero-order valence-corrected chi connectivity index (χ0v) is 21.2. The molecular weight excluding hydrogens is 500 g/mol. The fourth-order valence-electron chi connectivity index (χ4n) is 4.59. The third kappa shape index (κ3) is 5.17. The van der Waals surface area contributed by atoms with Crippen LogP contribution >= 0.6 is 0 Å². The van der Waals surface area contributed by atoms with Gasteiger partial charge in [-0.05, 0) is 68.9 Å². The number of hydrogen-bond donors (Lipinski definition) is 2. The molecular formula is C27H32N8O4. The average molecular weight is 533 g/mol. The van der Waals surface area contributed by atoms with Crippen LogP contribution in [0.15, 0.2) is 70.8 Å². The van der Waals surface area contributed by atoms with Gasteiger partial charge >= 0.3 is 11.4 Å². The van der Waals surface area contributed by atoms with Crippen LogP contribution in [0.2, 0.25) is 0 Å². The van der Waals surface area contributed by atoms with Crippen LogP contribution in [0.3, 0.4) is 0 Å². The van der Waals surface area contributed by atoms with Crippen LogP contribution < -0.4 is 22.0 Å². The summed E-state index contributed by atoms with van der Waals surface area (Å²) >= 11 is 0. The Balaban J connectivity index is 0.000000176. The molecule has 204 valence electrons. The van der Waals surface area contributed by atoms with Crippen LogP contribution in [0.4, 0.5) is 0 Å². The molecule has 2 amide bonds. The lowest BCUT2D eigenvalue weighted by atomic mass is 10.1. The molecule has 0 bridgehead atoms. The summed E-state index contributed by atoms with van der Waals surface area (Å²) < 4.78 is 5.43. The van der Waals surface area contributed by atoms with Crippen LogP contribution in [0.25, 0.3) is 11.3 Å². The van der Waals surface area contributed by atoms with Gasteiger partial charge < -0.3 is 10.6 Å². The van der Waals surface area contributed by atoms with Gasteiger partial charge in [-0.15, -0.1) is 10.2 Å². The number of nitrogens with one attached hydrogen (secondary N) is 2. The number of amides is 2. The minimum atomic E-state index is -0.557. The van der Waals surface area contributed by atoms with Crippen molar-refractivity contribution in [3.8, 4) is 0 Å². The van der Waals surface area contributed by atoms with Gasteiger partial charge in [0.25, 0.3) is 0 Å². The first kappa shape index (κ1) is 27.3. The van der Waals surface area contributed by atoms with Gasteiger partial charge in [-0.3, -0.25) is 18.4 Å². The second-order valence-corrected chi connectivity index (χ2v) is 9.62. The largest absolute Gasteiger partial charge is 0.351 e. The van der Waals surface area contributed by atoms with Gasteiger partial charge in [-0.25, -0.2) is 9.59 Å². The molecule has 2 atom stereocenters. The van der Waals surface area contributed by atoms with Crippen molar-refractivity contribution in [1.29, 1.82) is 0 Å². The van der Waals surface area contributed by atoms with Crippen molar-refractivity contribution in [3.63, 3.8) is 0 Å².